The van der Waals surface area contributed by atoms with Crippen LogP contribution >= 0.6 is 0 Å². The molecular weight excluding hydrogens is 300 g/mol. The van der Waals surface area contributed by atoms with Crippen LogP contribution in [0.2, 0.25) is 0 Å². The van der Waals surface area contributed by atoms with Gasteiger partial charge >= 0.3 is 0 Å². The molecule has 0 unspecified atom stereocenters. The maximum absolute atomic E-state index is 12.0. The zero-order valence-electron chi connectivity index (χ0n) is 14.5. The van der Waals surface area contributed by atoms with Gasteiger partial charge < -0.3 is 14.6 Å². The van der Waals surface area contributed by atoms with Crippen LogP contribution in [0.1, 0.15) is 42.7 Å². The van der Waals surface area contributed by atoms with Crippen LogP contribution in [-0.4, -0.2) is 30.0 Å². The van der Waals surface area contributed by atoms with Gasteiger partial charge in [0.15, 0.2) is 5.78 Å². The fourth-order valence-corrected chi connectivity index (χ4v) is 3.10. The van der Waals surface area contributed by atoms with Crippen LogP contribution in [0.3, 0.4) is 0 Å². The van der Waals surface area contributed by atoms with E-state index in [1.165, 1.54) is 0 Å². The summed E-state index contributed by atoms with van der Waals surface area (Å²) in [5, 5.41) is 3.37. The van der Waals surface area contributed by atoms with Crippen LogP contribution < -0.4 is 10.1 Å². The number of fused-ring (bicyclic) bond motifs is 1. The van der Waals surface area contributed by atoms with Crippen molar-refractivity contribution in [2.75, 3.05) is 19.7 Å². The summed E-state index contributed by atoms with van der Waals surface area (Å²) in [5.41, 5.74) is 3.10. The summed E-state index contributed by atoms with van der Waals surface area (Å²) in [7, 11) is 0. The van der Waals surface area contributed by atoms with Crippen LogP contribution in [0.5, 0.6) is 5.75 Å². The van der Waals surface area contributed by atoms with Crippen molar-refractivity contribution in [2.45, 2.75) is 33.1 Å². The van der Waals surface area contributed by atoms with Crippen molar-refractivity contribution in [1.29, 1.82) is 0 Å². The van der Waals surface area contributed by atoms with E-state index in [1.54, 1.807) is 0 Å². The van der Waals surface area contributed by atoms with Gasteiger partial charge in [-0.2, -0.15) is 0 Å². The molecule has 1 aromatic heterocycles. The second-order valence-electron chi connectivity index (χ2n) is 6.76. The maximum atomic E-state index is 12.0. The molecule has 0 fully saturated rings. The Bertz CT molecular complexity index is 686. The Morgan fingerprint density at radius 2 is 1.96 bits per heavy atom. The van der Waals surface area contributed by atoms with E-state index in [2.05, 4.69) is 35.9 Å². The molecule has 0 aliphatic heterocycles. The quantitative estimate of drug-likeness (QED) is 0.790. The minimum absolute atomic E-state index is 0.267. The van der Waals surface area contributed by atoms with Gasteiger partial charge in [-0.15, -0.1) is 0 Å². The summed E-state index contributed by atoms with van der Waals surface area (Å²) in [6.45, 7) is 6.92. The van der Waals surface area contributed by atoms with Gasteiger partial charge in [0.05, 0.1) is 0 Å². The molecule has 128 valence electrons. The molecule has 4 nitrogen and oxygen atoms in total. The van der Waals surface area contributed by atoms with E-state index in [0.29, 0.717) is 18.9 Å². The predicted molar refractivity (Wildman–Crippen MR) is 96.2 cm³/mol. The second kappa shape index (κ2) is 7.67. The zero-order chi connectivity index (χ0) is 16.9. The lowest BCUT2D eigenvalue weighted by Gasteiger charge is -2.15. The third kappa shape index (κ3) is 3.88. The first-order valence-electron chi connectivity index (χ1n) is 8.82. The van der Waals surface area contributed by atoms with Crippen molar-refractivity contribution in [3.63, 3.8) is 0 Å². The van der Waals surface area contributed by atoms with Crippen LogP contribution in [0.25, 0.3) is 5.69 Å². The second-order valence-corrected chi connectivity index (χ2v) is 6.76. The van der Waals surface area contributed by atoms with E-state index in [0.717, 1.165) is 48.6 Å². The minimum atomic E-state index is 0.267. The largest absolute Gasteiger partial charge is 0.492 e. The molecule has 1 aliphatic carbocycles. The SMILES string of the molecule is CC(C)CNCCOc1ccc(-n2ccc3c2CCCC3=O)cc1. The van der Waals surface area contributed by atoms with Gasteiger partial charge in [-0.3, -0.25) is 4.79 Å². The van der Waals surface area contributed by atoms with Crippen molar-refractivity contribution in [2.24, 2.45) is 5.92 Å². The molecule has 3 rings (SSSR count). The number of ether oxygens (including phenoxy) is 1. The third-order valence-corrected chi connectivity index (χ3v) is 4.32. The predicted octanol–water partition coefficient (Wildman–Crippen LogP) is 3.62. The Labute approximate surface area is 143 Å². The lowest BCUT2D eigenvalue weighted by atomic mass is 9.97. The van der Waals surface area contributed by atoms with Crippen molar-refractivity contribution < 1.29 is 9.53 Å². The summed E-state index contributed by atoms with van der Waals surface area (Å²) >= 11 is 0. The number of nitrogens with zero attached hydrogens (tertiary/aromatic N) is 1. The van der Waals surface area contributed by atoms with Gasteiger partial charge in [0.25, 0.3) is 0 Å². The Hall–Kier alpha value is -2.07. The van der Waals surface area contributed by atoms with Gasteiger partial charge in [-0.05, 0) is 55.6 Å². The lowest BCUT2D eigenvalue weighted by molar-refractivity contribution is 0.0972. The molecule has 0 bridgehead atoms. The molecule has 2 aromatic rings. The molecule has 0 saturated heterocycles. The first kappa shape index (κ1) is 16.8. The van der Waals surface area contributed by atoms with Gasteiger partial charge in [0.2, 0.25) is 0 Å². The third-order valence-electron chi connectivity index (χ3n) is 4.32. The molecule has 1 aromatic carbocycles. The van der Waals surface area contributed by atoms with Gasteiger partial charge in [0.1, 0.15) is 12.4 Å². The van der Waals surface area contributed by atoms with E-state index >= 15 is 0 Å². The van der Waals surface area contributed by atoms with Crippen molar-refractivity contribution in [3.8, 4) is 11.4 Å². The normalized spacial score (nSPS) is 14.0. The number of hydrogen-bond donors (Lipinski definition) is 1. The smallest absolute Gasteiger partial charge is 0.164 e. The molecule has 0 spiro atoms. The number of carbonyl (C=O) groups is 1. The van der Waals surface area contributed by atoms with Gasteiger partial charge in [0, 0.05) is 36.1 Å². The molecule has 24 heavy (non-hydrogen) atoms. The van der Waals surface area contributed by atoms with Crippen LogP contribution in [0.15, 0.2) is 36.5 Å². The minimum Gasteiger partial charge on any atom is -0.492 e. The van der Waals surface area contributed by atoms with E-state index in [9.17, 15) is 4.79 Å². The molecular formula is C20H26N2O2. The Morgan fingerprint density at radius 3 is 2.71 bits per heavy atom. The fraction of sp³-hybridized carbons (Fsp3) is 0.450. The highest BCUT2D eigenvalue weighted by atomic mass is 16.5. The van der Waals surface area contributed by atoms with Crippen molar-refractivity contribution in [1.82, 2.24) is 9.88 Å². The van der Waals surface area contributed by atoms with Gasteiger partial charge in [-0.25, -0.2) is 0 Å². The first-order chi connectivity index (χ1) is 11.6. The number of aromatic nitrogens is 1. The number of rotatable bonds is 7. The highest BCUT2D eigenvalue weighted by Crippen LogP contribution is 2.26. The molecule has 0 radical (unpaired) electrons. The highest BCUT2D eigenvalue weighted by molar-refractivity contribution is 5.98. The molecule has 0 amide bonds. The van der Waals surface area contributed by atoms with Crippen LogP contribution in [0, 0.1) is 5.92 Å². The molecule has 0 atom stereocenters. The standard InChI is InChI=1S/C20H26N2O2/c1-15(2)14-21-11-13-24-17-8-6-16(7-9-17)22-12-10-18-19(22)4-3-5-20(18)23/h6-10,12,15,21H,3-5,11,13-14H2,1-2H3. The summed E-state index contributed by atoms with van der Waals surface area (Å²) in [6, 6.07) is 10.0. The Kier molecular flexibility index (Phi) is 5.36. The van der Waals surface area contributed by atoms with E-state index in [4.69, 9.17) is 4.74 Å². The monoisotopic (exact) mass is 326 g/mol. The number of ketones is 1. The summed E-state index contributed by atoms with van der Waals surface area (Å²) in [6.07, 6.45) is 4.59. The summed E-state index contributed by atoms with van der Waals surface area (Å²) in [4.78, 5) is 12.0. The molecule has 4 heteroatoms. The maximum Gasteiger partial charge on any atom is 0.164 e. The van der Waals surface area contributed by atoms with Crippen molar-refractivity contribution >= 4 is 5.78 Å². The van der Waals surface area contributed by atoms with E-state index < -0.39 is 0 Å². The Morgan fingerprint density at radius 1 is 1.17 bits per heavy atom. The summed E-state index contributed by atoms with van der Waals surface area (Å²) in [5.74, 6) is 1.80. The molecule has 1 heterocycles. The average molecular weight is 326 g/mol. The topological polar surface area (TPSA) is 43.3 Å². The Balaban J connectivity index is 1.60. The first-order valence-corrected chi connectivity index (χ1v) is 8.82. The number of benzene rings is 1. The number of carbonyl (C=O) groups excluding carboxylic acids is 1. The lowest BCUT2D eigenvalue weighted by Crippen LogP contribution is -2.24. The highest BCUT2D eigenvalue weighted by Gasteiger charge is 2.20. The fourth-order valence-electron chi connectivity index (χ4n) is 3.10. The van der Waals surface area contributed by atoms with Crippen LogP contribution in [0.4, 0.5) is 0 Å². The van der Waals surface area contributed by atoms with E-state index in [-0.39, 0.29) is 5.78 Å². The van der Waals surface area contributed by atoms with Gasteiger partial charge in [-0.1, -0.05) is 13.8 Å². The van der Waals surface area contributed by atoms with Crippen molar-refractivity contribution in [3.05, 3.63) is 47.8 Å². The molecule has 1 N–H and O–H groups in total. The summed E-state index contributed by atoms with van der Waals surface area (Å²) < 4.78 is 7.89. The van der Waals surface area contributed by atoms with E-state index in [1.807, 2.05) is 24.4 Å². The molecule has 0 saturated carbocycles. The number of hydrogen-bond acceptors (Lipinski definition) is 3. The molecule has 1 aliphatic rings. The average Bonchev–Trinajstić information content (AvgIpc) is 3.00. The van der Waals surface area contributed by atoms with Crippen LogP contribution in [-0.2, 0) is 6.42 Å². The number of nitrogens with one attached hydrogen (secondary N) is 1. The number of Topliss-reactive ketones (excluding diaryl/α,β-unsaturated/α-hetero) is 1. The zero-order valence-corrected chi connectivity index (χ0v) is 14.5.